The molecule has 1 aliphatic heterocycles. The monoisotopic (exact) mass is 405 g/mol. The standard InChI is InChI=1S/C22H20FN5O2/c1-29-19-3-2-14(23)12-17(19)16-13-20(28-8-10-30-11-9-28)26-21-15(16)4-6-24-22(21)18-5-7-25-27-18/h2-7,12-13H,8-11H2,1H3,(H,25,27). The summed E-state index contributed by atoms with van der Waals surface area (Å²) in [7, 11) is 1.58. The van der Waals surface area contributed by atoms with Crippen LogP contribution in [-0.2, 0) is 4.74 Å². The number of aromatic amines is 1. The zero-order chi connectivity index (χ0) is 20.5. The first-order valence-electron chi connectivity index (χ1n) is 9.70. The molecule has 0 atom stereocenters. The Morgan fingerprint density at radius 1 is 1.07 bits per heavy atom. The summed E-state index contributed by atoms with van der Waals surface area (Å²) in [4.78, 5) is 11.7. The number of nitrogens with zero attached hydrogens (tertiary/aromatic N) is 4. The molecule has 4 aromatic rings. The van der Waals surface area contributed by atoms with E-state index >= 15 is 0 Å². The van der Waals surface area contributed by atoms with Gasteiger partial charge in [0, 0.05) is 36.4 Å². The summed E-state index contributed by atoms with van der Waals surface area (Å²) < 4.78 is 25.2. The van der Waals surface area contributed by atoms with Crippen molar-refractivity contribution >= 4 is 16.7 Å². The fourth-order valence-electron chi connectivity index (χ4n) is 3.79. The zero-order valence-corrected chi connectivity index (χ0v) is 16.4. The van der Waals surface area contributed by atoms with Gasteiger partial charge < -0.3 is 14.4 Å². The number of anilines is 1. The predicted octanol–water partition coefficient (Wildman–Crippen LogP) is 3.67. The molecule has 0 radical (unpaired) electrons. The average Bonchev–Trinajstić information content (AvgIpc) is 3.33. The molecular weight excluding hydrogens is 385 g/mol. The van der Waals surface area contributed by atoms with Crippen LogP contribution in [-0.4, -0.2) is 53.6 Å². The minimum Gasteiger partial charge on any atom is -0.496 e. The molecule has 0 saturated carbocycles. The van der Waals surface area contributed by atoms with E-state index in [-0.39, 0.29) is 5.82 Å². The number of hydrogen-bond acceptors (Lipinski definition) is 6. The summed E-state index contributed by atoms with van der Waals surface area (Å²) >= 11 is 0. The van der Waals surface area contributed by atoms with E-state index in [0.29, 0.717) is 35.7 Å². The van der Waals surface area contributed by atoms with E-state index in [1.165, 1.54) is 12.1 Å². The first-order valence-corrected chi connectivity index (χ1v) is 9.70. The van der Waals surface area contributed by atoms with Crippen molar-refractivity contribution in [3.8, 4) is 28.3 Å². The number of ether oxygens (including phenoxy) is 2. The maximum Gasteiger partial charge on any atom is 0.130 e. The third kappa shape index (κ3) is 3.25. The summed E-state index contributed by atoms with van der Waals surface area (Å²) in [5, 5.41) is 7.87. The van der Waals surface area contributed by atoms with E-state index in [9.17, 15) is 4.39 Å². The predicted molar refractivity (Wildman–Crippen MR) is 112 cm³/mol. The molecule has 0 amide bonds. The Bertz CT molecular complexity index is 1190. The number of pyridine rings is 2. The number of halogens is 1. The Labute approximate surface area is 172 Å². The van der Waals surface area contributed by atoms with Crippen LogP contribution in [0.3, 0.4) is 0 Å². The molecule has 0 bridgehead atoms. The molecule has 1 saturated heterocycles. The van der Waals surface area contributed by atoms with Gasteiger partial charge in [0.25, 0.3) is 0 Å². The largest absolute Gasteiger partial charge is 0.496 e. The fourth-order valence-corrected chi connectivity index (χ4v) is 3.79. The number of nitrogens with one attached hydrogen (secondary N) is 1. The van der Waals surface area contributed by atoms with E-state index in [0.717, 1.165) is 35.6 Å². The lowest BCUT2D eigenvalue weighted by Crippen LogP contribution is -2.36. The molecule has 1 N–H and O–H groups in total. The number of rotatable bonds is 4. The molecule has 1 fully saturated rings. The molecule has 1 aromatic carbocycles. The van der Waals surface area contributed by atoms with Crippen LogP contribution in [0, 0.1) is 5.82 Å². The van der Waals surface area contributed by atoms with E-state index in [1.807, 2.05) is 18.2 Å². The van der Waals surface area contributed by atoms with Crippen LogP contribution in [0.25, 0.3) is 33.4 Å². The highest BCUT2D eigenvalue weighted by Gasteiger charge is 2.20. The molecule has 7 nitrogen and oxygen atoms in total. The van der Waals surface area contributed by atoms with Crippen LogP contribution in [0.5, 0.6) is 5.75 Å². The van der Waals surface area contributed by atoms with Crippen molar-refractivity contribution in [2.45, 2.75) is 0 Å². The van der Waals surface area contributed by atoms with Crippen LogP contribution in [0.2, 0.25) is 0 Å². The third-order valence-electron chi connectivity index (χ3n) is 5.26. The second-order valence-corrected chi connectivity index (χ2v) is 7.00. The number of methoxy groups -OCH3 is 1. The van der Waals surface area contributed by atoms with E-state index in [1.54, 1.807) is 25.6 Å². The van der Waals surface area contributed by atoms with Gasteiger partial charge in [-0.15, -0.1) is 0 Å². The normalized spacial score (nSPS) is 14.3. The van der Waals surface area contributed by atoms with Crippen molar-refractivity contribution in [3.05, 3.63) is 54.6 Å². The lowest BCUT2D eigenvalue weighted by atomic mass is 9.99. The van der Waals surface area contributed by atoms with Crippen molar-refractivity contribution in [2.24, 2.45) is 0 Å². The molecule has 3 aromatic heterocycles. The zero-order valence-electron chi connectivity index (χ0n) is 16.4. The highest BCUT2D eigenvalue weighted by molar-refractivity contribution is 6.02. The van der Waals surface area contributed by atoms with Gasteiger partial charge in [-0.05, 0) is 42.0 Å². The quantitative estimate of drug-likeness (QED) is 0.558. The van der Waals surface area contributed by atoms with Gasteiger partial charge in [0.05, 0.1) is 26.0 Å². The summed E-state index contributed by atoms with van der Waals surface area (Å²) in [6.07, 6.45) is 3.40. The Morgan fingerprint density at radius 3 is 2.70 bits per heavy atom. The number of fused-ring (bicyclic) bond motifs is 1. The molecule has 152 valence electrons. The Morgan fingerprint density at radius 2 is 1.93 bits per heavy atom. The molecule has 5 rings (SSSR count). The van der Waals surface area contributed by atoms with Gasteiger partial charge in [-0.25, -0.2) is 9.37 Å². The lowest BCUT2D eigenvalue weighted by molar-refractivity contribution is 0.122. The van der Waals surface area contributed by atoms with Crippen LogP contribution in [0.1, 0.15) is 0 Å². The average molecular weight is 405 g/mol. The fraction of sp³-hybridized carbons (Fsp3) is 0.227. The van der Waals surface area contributed by atoms with Crippen LogP contribution in [0.4, 0.5) is 10.2 Å². The van der Waals surface area contributed by atoms with E-state index in [2.05, 4.69) is 20.1 Å². The number of H-pyrrole nitrogens is 1. The first-order chi connectivity index (χ1) is 14.7. The van der Waals surface area contributed by atoms with Crippen LogP contribution < -0.4 is 9.64 Å². The van der Waals surface area contributed by atoms with Crippen molar-refractivity contribution in [3.63, 3.8) is 0 Å². The highest BCUT2D eigenvalue weighted by atomic mass is 19.1. The number of aromatic nitrogens is 4. The van der Waals surface area contributed by atoms with Gasteiger partial charge in [-0.1, -0.05) is 0 Å². The van der Waals surface area contributed by atoms with Crippen molar-refractivity contribution in [2.75, 3.05) is 38.3 Å². The van der Waals surface area contributed by atoms with Gasteiger partial charge >= 0.3 is 0 Å². The second kappa shape index (κ2) is 7.72. The minimum absolute atomic E-state index is 0.327. The maximum atomic E-state index is 14.2. The topological polar surface area (TPSA) is 76.2 Å². The van der Waals surface area contributed by atoms with Gasteiger partial charge in [0.2, 0.25) is 0 Å². The number of benzene rings is 1. The van der Waals surface area contributed by atoms with Crippen LogP contribution in [0.15, 0.2) is 48.8 Å². The molecule has 0 spiro atoms. The lowest BCUT2D eigenvalue weighted by Gasteiger charge is -2.28. The molecule has 30 heavy (non-hydrogen) atoms. The van der Waals surface area contributed by atoms with Gasteiger partial charge in [0.1, 0.15) is 28.6 Å². The van der Waals surface area contributed by atoms with E-state index in [4.69, 9.17) is 14.5 Å². The smallest absolute Gasteiger partial charge is 0.130 e. The molecule has 1 aliphatic rings. The Kier molecular flexibility index (Phi) is 4.76. The van der Waals surface area contributed by atoms with E-state index < -0.39 is 0 Å². The SMILES string of the molecule is COc1ccc(F)cc1-c1cc(N2CCOCC2)nc2c(-c3ccn[nH]3)nccc12. The first kappa shape index (κ1) is 18.5. The van der Waals surface area contributed by atoms with Crippen molar-refractivity contribution in [1.82, 2.24) is 20.2 Å². The Balaban J connectivity index is 1.81. The molecule has 0 aliphatic carbocycles. The summed E-state index contributed by atoms with van der Waals surface area (Å²) in [6.45, 7) is 2.74. The summed E-state index contributed by atoms with van der Waals surface area (Å²) in [6, 6.07) is 10.3. The molecule has 4 heterocycles. The molecular formula is C22H20FN5O2. The maximum absolute atomic E-state index is 14.2. The summed E-state index contributed by atoms with van der Waals surface area (Å²) in [5.74, 6) is 1.06. The van der Waals surface area contributed by atoms with Crippen molar-refractivity contribution in [1.29, 1.82) is 0 Å². The van der Waals surface area contributed by atoms with Gasteiger partial charge in [0.15, 0.2) is 0 Å². The van der Waals surface area contributed by atoms with Gasteiger partial charge in [-0.3, -0.25) is 10.1 Å². The molecule has 8 heteroatoms. The molecule has 0 unspecified atom stereocenters. The van der Waals surface area contributed by atoms with Crippen LogP contribution >= 0.6 is 0 Å². The Hall–Kier alpha value is -3.52. The highest BCUT2D eigenvalue weighted by Crippen LogP contribution is 2.39. The third-order valence-corrected chi connectivity index (χ3v) is 5.26. The number of hydrogen-bond donors (Lipinski definition) is 1. The summed E-state index contributed by atoms with van der Waals surface area (Å²) in [5.41, 5.74) is 3.68. The second-order valence-electron chi connectivity index (χ2n) is 7.00. The van der Waals surface area contributed by atoms with Gasteiger partial charge in [-0.2, -0.15) is 5.10 Å². The minimum atomic E-state index is -0.327. The van der Waals surface area contributed by atoms with Crippen molar-refractivity contribution < 1.29 is 13.9 Å². The number of morpholine rings is 1.